The molecule has 3 aromatic rings. The van der Waals surface area contributed by atoms with Crippen LogP contribution in [-0.2, 0) is 6.54 Å². The maximum atomic E-state index is 13.5. The fourth-order valence-corrected chi connectivity index (χ4v) is 4.66. The molecule has 1 aliphatic rings. The van der Waals surface area contributed by atoms with E-state index in [9.17, 15) is 4.79 Å². The van der Waals surface area contributed by atoms with E-state index in [1.807, 2.05) is 44.4 Å². The maximum absolute atomic E-state index is 13.5. The Bertz CT molecular complexity index is 1240. The minimum atomic E-state index is 0.00688. The number of ketones is 1. The normalized spacial score (nSPS) is 14.6. The second-order valence-electron chi connectivity index (χ2n) is 9.87. The number of rotatable bonds is 8. The number of hydrogen-bond donors (Lipinski definition) is 0. The summed E-state index contributed by atoms with van der Waals surface area (Å²) in [6.45, 7) is 6.83. The highest BCUT2D eigenvalue weighted by Crippen LogP contribution is 2.30. The summed E-state index contributed by atoms with van der Waals surface area (Å²) in [6, 6.07) is 20.7. The zero-order valence-electron chi connectivity index (χ0n) is 22.1. The lowest BCUT2D eigenvalue weighted by Crippen LogP contribution is -2.44. The largest absolute Gasteiger partial charge is 0.497 e. The van der Waals surface area contributed by atoms with Crippen molar-refractivity contribution in [2.24, 2.45) is 0 Å². The van der Waals surface area contributed by atoms with Crippen LogP contribution < -0.4 is 9.64 Å². The summed E-state index contributed by atoms with van der Waals surface area (Å²) in [6.07, 6.45) is 3.63. The van der Waals surface area contributed by atoms with E-state index in [1.54, 1.807) is 13.2 Å². The van der Waals surface area contributed by atoms with Gasteiger partial charge in [0.2, 0.25) is 0 Å². The van der Waals surface area contributed by atoms with Gasteiger partial charge in [-0.3, -0.25) is 4.79 Å². The third kappa shape index (κ3) is 6.23. The van der Waals surface area contributed by atoms with Crippen LogP contribution in [0.3, 0.4) is 0 Å². The lowest BCUT2D eigenvalue weighted by molar-refractivity contribution is 0.104. The van der Waals surface area contributed by atoms with E-state index in [1.165, 1.54) is 5.56 Å². The molecule has 36 heavy (non-hydrogen) atoms. The van der Waals surface area contributed by atoms with Crippen LogP contribution in [0.4, 0.5) is 5.69 Å². The minimum absolute atomic E-state index is 0.00688. The Morgan fingerprint density at radius 2 is 1.75 bits per heavy atom. The van der Waals surface area contributed by atoms with Gasteiger partial charge in [0.05, 0.1) is 7.11 Å². The van der Waals surface area contributed by atoms with E-state index < -0.39 is 0 Å². The van der Waals surface area contributed by atoms with Gasteiger partial charge in [-0.1, -0.05) is 36.4 Å². The Morgan fingerprint density at radius 1 is 1.00 bits per heavy atom. The summed E-state index contributed by atoms with van der Waals surface area (Å²) in [5, 5.41) is 0. The Kier molecular flexibility index (Phi) is 8.24. The number of hydrogen-bond acceptors (Lipinski definition) is 5. The van der Waals surface area contributed by atoms with Gasteiger partial charge < -0.3 is 19.4 Å². The standard InChI is InChI=1S/C31H37N3O2/c1-23-8-6-7-9-30(23)25-18-26(20-28(19-25)34-16-14-33(4)15-17-34)31(35)13-11-24-10-12-29(36-5)21-27(24)22-32(2)3/h6-13,18-21H,14-17,22H2,1-5H3/b13-11+. The minimum Gasteiger partial charge on any atom is -0.497 e. The first-order valence-electron chi connectivity index (χ1n) is 12.5. The van der Waals surface area contributed by atoms with E-state index >= 15 is 0 Å². The molecule has 0 aromatic heterocycles. The molecule has 0 unspecified atom stereocenters. The van der Waals surface area contributed by atoms with Gasteiger partial charge in [-0.15, -0.1) is 0 Å². The number of benzene rings is 3. The molecule has 0 N–H and O–H groups in total. The second kappa shape index (κ2) is 11.5. The van der Waals surface area contributed by atoms with Gasteiger partial charge in [0, 0.05) is 44.0 Å². The zero-order chi connectivity index (χ0) is 25.7. The molecule has 0 bridgehead atoms. The fraction of sp³-hybridized carbons (Fsp3) is 0.323. The molecule has 1 aliphatic heterocycles. The Morgan fingerprint density at radius 3 is 2.44 bits per heavy atom. The predicted molar refractivity (Wildman–Crippen MR) is 150 cm³/mol. The first-order chi connectivity index (χ1) is 17.3. The van der Waals surface area contributed by atoms with Crippen LogP contribution in [0.25, 0.3) is 17.2 Å². The molecule has 3 aromatic carbocycles. The molecule has 4 rings (SSSR count). The topological polar surface area (TPSA) is 36.0 Å². The van der Waals surface area contributed by atoms with Crippen molar-refractivity contribution in [3.63, 3.8) is 0 Å². The molecule has 0 saturated carbocycles. The number of piperazine rings is 1. The lowest BCUT2D eigenvalue weighted by atomic mass is 9.96. The molecule has 188 valence electrons. The van der Waals surface area contributed by atoms with Crippen LogP contribution >= 0.6 is 0 Å². The highest BCUT2D eigenvalue weighted by molar-refractivity contribution is 6.08. The number of carbonyl (C=O) groups excluding carboxylic acids is 1. The molecule has 5 nitrogen and oxygen atoms in total. The van der Waals surface area contributed by atoms with Crippen molar-refractivity contribution in [1.82, 2.24) is 9.80 Å². The number of ether oxygens (including phenoxy) is 1. The average molecular weight is 484 g/mol. The molecule has 0 radical (unpaired) electrons. The Labute approximate surface area is 215 Å². The number of allylic oxidation sites excluding steroid dienone is 1. The Hall–Kier alpha value is -3.41. The van der Waals surface area contributed by atoms with Crippen molar-refractivity contribution < 1.29 is 9.53 Å². The second-order valence-corrected chi connectivity index (χ2v) is 9.87. The molecule has 1 heterocycles. The van der Waals surface area contributed by atoms with E-state index in [2.05, 4.69) is 65.1 Å². The molecule has 0 spiro atoms. The van der Waals surface area contributed by atoms with Crippen molar-refractivity contribution in [1.29, 1.82) is 0 Å². The number of carbonyl (C=O) groups is 1. The molecule has 0 amide bonds. The van der Waals surface area contributed by atoms with Gasteiger partial charge >= 0.3 is 0 Å². The van der Waals surface area contributed by atoms with Crippen LogP contribution in [0.15, 0.2) is 66.7 Å². The van der Waals surface area contributed by atoms with Crippen LogP contribution in [0.1, 0.15) is 27.0 Å². The van der Waals surface area contributed by atoms with E-state index in [4.69, 9.17) is 4.74 Å². The third-order valence-corrected chi connectivity index (χ3v) is 6.78. The molecule has 1 fully saturated rings. The number of aryl methyl sites for hydroxylation is 1. The first kappa shape index (κ1) is 25.7. The quantitative estimate of drug-likeness (QED) is 0.318. The van der Waals surface area contributed by atoms with E-state index in [0.29, 0.717) is 5.56 Å². The highest BCUT2D eigenvalue weighted by atomic mass is 16.5. The van der Waals surface area contributed by atoms with Crippen molar-refractivity contribution in [3.8, 4) is 16.9 Å². The summed E-state index contributed by atoms with van der Waals surface area (Å²) >= 11 is 0. The number of nitrogens with zero attached hydrogens (tertiary/aromatic N) is 3. The fourth-order valence-electron chi connectivity index (χ4n) is 4.66. The summed E-state index contributed by atoms with van der Waals surface area (Å²) < 4.78 is 5.41. The van der Waals surface area contributed by atoms with Crippen molar-refractivity contribution >= 4 is 17.5 Å². The van der Waals surface area contributed by atoms with Crippen LogP contribution in [0.5, 0.6) is 5.75 Å². The van der Waals surface area contributed by atoms with Gasteiger partial charge in [-0.25, -0.2) is 0 Å². The van der Waals surface area contributed by atoms with Crippen molar-refractivity contribution in [2.75, 3.05) is 59.3 Å². The molecule has 0 atom stereocenters. The molecular weight excluding hydrogens is 446 g/mol. The molecule has 1 saturated heterocycles. The molecule has 5 heteroatoms. The van der Waals surface area contributed by atoms with Gasteiger partial charge in [0.15, 0.2) is 5.78 Å². The van der Waals surface area contributed by atoms with Gasteiger partial charge in [0.25, 0.3) is 0 Å². The van der Waals surface area contributed by atoms with Gasteiger partial charge in [0.1, 0.15) is 5.75 Å². The van der Waals surface area contributed by atoms with Crippen LogP contribution in [0.2, 0.25) is 0 Å². The van der Waals surface area contributed by atoms with Crippen LogP contribution in [-0.4, -0.2) is 70.0 Å². The van der Waals surface area contributed by atoms with Crippen molar-refractivity contribution in [2.45, 2.75) is 13.5 Å². The number of methoxy groups -OCH3 is 1. The first-order valence-corrected chi connectivity index (χ1v) is 12.5. The van der Waals surface area contributed by atoms with E-state index in [0.717, 1.165) is 66.4 Å². The predicted octanol–water partition coefficient (Wildman–Crippen LogP) is 5.38. The molecule has 0 aliphatic carbocycles. The molecular formula is C31H37N3O2. The maximum Gasteiger partial charge on any atom is 0.185 e. The number of anilines is 1. The van der Waals surface area contributed by atoms with Gasteiger partial charge in [-0.05, 0) is 92.3 Å². The SMILES string of the molecule is COc1ccc(/C=C/C(=O)c2cc(-c3ccccc3C)cc(N3CCN(C)CC3)c2)c(CN(C)C)c1. The smallest absolute Gasteiger partial charge is 0.185 e. The highest BCUT2D eigenvalue weighted by Gasteiger charge is 2.17. The third-order valence-electron chi connectivity index (χ3n) is 6.78. The number of likely N-dealkylation sites (N-methyl/N-ethyl adjacent to an activating group) is 1. The van der Waals surface area contributed by atoms with Crippen molar-refractivity contribution in [3.05, 3.63) is 89.0 Å². The van der Waals surface area contributed by atoms with E-state index in [-0.39, 0.29) is 5.78 Å². The summed E-state index contributed by atoms with van der Waals surface area (Å²) in [5.74, 6) is 0.825. The lowest BCUT2D eigenvalue weighted by Gasteiger charge is -2.34. The summed E-state index contributed by atoms with van der Waals surface area (Å²) in [4.78, 5) is 20.3. The summed E-state index contributed by atoms with van der Waals surface area (Å²) in [7, 11) is 7.90. The Balaban J connectivity index is 1.69. The monoisotopic (exact) mass is 483 g/mol. The van der Waals surface area contributed by atoms with Crippen LogP contribution in [0, 0.1) is 6.92 Å². The van der Waals surface area contributed by atoms with Gasteiger partial charge in [-0.2, -0.15) is 0 Å². The zero-order valence-corrected chi connectivity index (χ0v) is 22.1. The average Bonchev–Trinajstić information content (AvgIpc) is 2.87. The summed E-state index contributed by atoms with van der Waals surface area (Å²) in [5.41, 5.74) is 7.41.